The molecule has 0 aliphatic rings. The van der Waals surface area contributed by atoms with Gasteiger partial charge in [-0.05, 0) is 42.3 Å². The molecule has 3 aromatic rings. The van der Waals surface area contributed by atoms with Crippen molar-refractivity contribution in [3.63, 3.8) is 0 Å². The predicted octanol–water partition coefficient (Wildman–Crippen LogP) is 5.41. The minimum absolute atomic E-state index is 0.332. The van der Waals surface area contributed by atoms with Crippen LogP contribution in [0.3, 0.4) is 0 Å². The number of nitrogens with zero attached hydrogens (tertiary/aromatic N) is 2. The van der Waals surface area contributed by atoms with Gasteiger partial charge >= 0.3 is 0 Å². The fourth-order valence-corrected chi connectivity index (χ4v) is 2.66. The Morgan fingerprint density at radius 2 is 1.85 bits per heavy atom. The van der Waals surface area contributed by atoms with Crippen molar-refractivity contribution in [2.24, 2.45) is 0 Å². The van der Waals surface area contributed by atoms with Gasteiger partial charge in [0.2, 0.25) is 0 Å². The SMILES string of the molecule is CCc1cc(-c2ccccn2)ccc1-c1ccc(OCC(C)(F)F)cn1. The minimum Gasteiger partial charge on any atom is -0.486 e. The van der Waals surface area contributed by atoms with Crippen LogP contribution in [0.1, 0.15) is 19.4 Å². The van der Waals surface area contributed by atoms with Crippen LogP contribution in [-0.4, -0.2) is 22.5 Å². The first-order valence-corrected chi connectivity index (χ1v) is 8.47. The van der Waals surface area contributed by atoms with Gasteiger partial charge in [0.1, 0.15) is 5.75 Å². The van der Waals surface area contributed by atoms with Gasteiger partial charge in [-0.2, -0.15) is 0 Å². The van der Waals surface area contributed by atoms with Crippen LogP contribution in [0.4, 0.5) is 8.78 Å². The fourth-order valence-electron chi connectivity index (χ4n) is 2.66. The van der Waals surface area contributed by atoms with E-state index in [1.807, 2.05) is 30.3 Å². The topological polar surface area (TPSA) is 35.0 Å². The van der Waals surface area contributed by atoms with E-state index in [0.717, 1.165) is 41.4 Å². The zero-order chi connectivity index (χ0) is 18.6. The molecule has 0 N–H and O–H groups in total. The molecule has 0 saturated heterocycles. The van der Waals surface area contributed by atoms with Gasteiger partial charge in [-0.15, -0.1) is 0 Å². The number of hydrogen-bond acceptors (Lipinski definition) is 3. The molecule has 26 heavy (non-hydrogen) atoms. The van der Waals surface area contributed by atoms with Crippen LogP contribution in [0, 0.1) is 0 Å². The van der Waals surface area contributed by atoms with Crippen molar-refractivity contribution in [1.82, 2.24) is 9.97 Å². The molecule has 0 aliphatic carbocycles. The van der Waals surface area contributed by atoms with Crippen LogP contribution in [-0.2, 0) is 6.42 Å². The number of halogens is 2. The fraction of sp³-hybridized carbons (Fsp3) is 0.238. The lowest BCUT2D eigenvalue weighted by Crippen LogP contribution is -2.20. The van der Waals surface area contributed by atoms with Gasteiger partial charge in [-0.3, -0.25) is 9.97 Å². The molecule has 0 fully saturated rings. The molecular formula is C21H20F2N2O. The number of benzene rings is 1. The average Bonchev–Trinajstić information content (AvgIpc) is 2.66. The molecule has 3 rings (SSSR count). The molecule has 0 unspecified atom stereocenters. The van der Waals surface area contributed by atoms with Crippen molar-refractivity contribution in [1.29, 1.82) is 0 Å². The Labute approximate surface area is 151 Å². The minimum atomic E-state index is -2.87. The molecule has 0 atom stereocenters. The highest BCUT2D eigenvalue weighted by molar-refractivity contribution is 5.70. The summed E-state index contributed by atoms with van der Waals surface area (Å²) in [5.74, 6) is -2.53. The van der Waals surface area contributed by atoms with E-state index in [4.69, 9.17) is 4.74 Å². The van der Waals surface area contributed by atoms with Crippen LogP contribution in [0.5, 0.6) is 5.75 Å². The van der Waals surface area contributed by atoms with Crippen molar-refractivity contribution in [2.45, 2.75) is 26.2 Å². The molecule has 1 aromatic carbocycles. The van der Waals surface area contributed by atoms with Crippen LogP contribution in [0.2, 0.25) is 0 Å². The average molecular weight is 354 g/mol. The van der Waals surface area contributed by atoms with E-state index in [0.29, 0.717) is 5.75 Å². The summed E-state index contributed by atoms with van der Waals surface area (Å²) in [7, 11) is 0. The van der Waals surface area contributed by atoms with Crippen LogP contribution < -0.4 is 4.74 Å². The zero-order valence-electron chi connectivity index (χ0n) is 14.7. The maximum Gasteiger partial charge on any atom is 0.278 e. The summed E-state index contributed by atoms with van der Waals surface area (Å²) in [6.45, 7) is 2.25. The summed E-state index contributed by atoms with van der Waals surface area (Å²) in [4.78, 5) is 8.76. The van der Waals surface area contributed by atoms with E-state index in [1.54, 1.807) is 18.3 Å². The summed E-state index contributed by atoms with van der Waals surface area (Å²) in [5.41, 5.74) is 4.92. The first-order valence-electron chi connectivity index (χ1n) is 8.47. The molecule has 5 heteroatoms. The summed E-state index contributed by atoms with van der Waals surface area (Å²) < 4.78 is 30.8. The van der Waals surface area contributed by atoms with E-state index in [1.165, 1.54) is 6.20 Å². The summed E-state index contributed by atoms with van der Waals surface area (Å²) in [6, 6.07) is 15.4. The third kappa shape index (κ3) is 4.42. The Balaban J connectivity index is 1.84. The molecule has 0 saturated carbocycles. The normalized spacial score (nSPS) is 11.4. The lowest BCUT2D eigenvalue weighted by molar-refractivity contribution is -0.0230. The van der Waals surface area contributed by atoms with Crippen LogP contribution in [0.15, 0.2) is 60.9 Å². The standard InChI is InChI=1S/C21H20F2N2O/c1-3-15-12-16(19-6-4-5-11-24-19)7-9-18(15)20-10-8-17(13-25-20)26-14-21(2,22)23/h4-13H,3,14H2,1-2H3. The quantitative estimate of drug-likeness (QED) is 0.594. The second-order valence-corrected chi connectivity index (χ2v) is 6.18. The largest absolute Gasteiger partial charge is 0.486 e. The number of alkyl halides is 2. The molecule has 2 aromatic heterocycles. The lowest BCUT2D eigenvalue weighted by Gasteiger charge is -2.13. The molecule has 0 bridgehead atoms. The molecular weight excluding hydrogens is 334 g/mol. The van der Waals surface area contributed by atoms with E-state index in [-0.39, 0.29) is 0 Å². The van der Waals surface area contributed by atoms with Crippen molar-refractivity contribution < 1.29 is 13.5 Å². The highest BCUT2D eigenvalue weighted by Gasteiger charge is 2.22. The van der Waals surface area contributed by atoms with Crippen molar-refractivity contribution in [3.05, 3.63) is 66.5 Å². The van der Waals surface area contributed by atoms with Gasteiger partial charge in [0, 0.05) is 24.2 Å². The number of rotatable bonds is 6. The van der Waals surface area contributed by atoms with Gasteiger partial charge in [0.05, 0.1) is 17.6 Å². The summed E-state index contributed by atoms with van der Waals surface area (Å²) in [5, 5.41) is 0. The molecule has 0 aliphatic heterocycles. The summed E-state index contributed by atoms with van der Waals surface area (Å²) in [6.07, 6.45) is 4.10. The second-order valence-electron chi connectivity index (χ2n) is 6.18. The highest BCUT2D eigenvalue weighted by atomic mass is 19.3. The molecule has 0 spiro atoms. The predicted molar refractivity (Wildman–Crippen MR) is 98.4 cm³/mol. The van der Waals surface area contributed by atoms with Gasteiger partial charge in [-0.1, -0.05) is 25.1 Å². The van der Waals surface area contributed by atoms with Gasteiger partial charge in [0.15, 0.2) is 6.61 Å². The number of pyridine rings is 2. The summed E-state index contributed by atoms with van der Waals surface area (Å²) >= 11 is 0. The molecule has 0 amide bonds. The Morgan fingerprint density at radius 3 is 2.46 bits per heavy atom. The van der Waals surface area contributed by atoms with Gasteiger partial charge in [-0.25, -0.2) is 8.78 Å². The van der Waals surface area contributed by atoms with Crippen molar-refractivity contribution in [3.8, 4) is 28.3 Å². The van der Waals surface area contributed by atoms with Crippen LogP contribution in [0.25, 0.3) is 22.5 Å². The maximum absolute atomic E-state index is 12.9. The Hall–Kier alpha value is -2.82. The number of hydrogen-bond donors (Lipinski definition) is 0. The smallest absolute Gasteiger partial charge is 0.278 e. The molecule has 3 nitrogen and oxygen atoms in total. The van der Waals surface area contributed by atoms with Crippen LogP contribution >= 0.6 is 0 Å². The maximum atomic E-state index is 12.9. The van der Waals surface area contributed by atoms with Crippen molar-refractivity contribution >= 4 is 0 Å². The van der Waals surface area contributed by atoms with Gasteiger partial charge < -0.3 is 4.74 Å². The molecule has 134 valence electrons. The second kappa shape index (κ2) is 7.60. The third-order valence-corrected chi connectivity index (χ3v) is 3.95. The van der Waals surface area contributed by atoms with Gasteiger partial charge in [0.25, 0.3) is 5.92 Å². The van der Waals surface area contributed by atoms with E-state index >= 15 is 0 Å². The van der Waals surface area contributed by atoms with E-state index in [2.05, 4.69) is 23.0 Å². The van der Waals surface area contributed by atoms with E-state index in [9.17, 15) is 8.78 Å². The first kappa shape index (κ1) is 18.0. The number of ether oxygens (including phenoxy) is 1. The molecule has 0 radical (unpaired) electrons. The Kier molecular flexibility index (Phi) is 5.26. The highest BCUT2D eigenvalue weighted by Crippen LogP contribution is 2.28. The number of aryl methyl sites for hydroxylation is 1. The Bertz CT molecular complexity index is 859. The first-order chi connectivity index (χ1) is 12.5. The van der Waals surface area contributed by atoms with E-state index < -0.39 is 12.5 Å². The lowest BCUT2D eigenvalue weighted by atomic mass is 9.97. The Morgan fingerprint density at radius 1 is 1.00 bits per heavy atom. The van der Waals surface area contributed by atoms with Crippen molar-refractivity contribution in [2.75, 3.05) is 6.61 Å². The zero-order valence-corrected chi connectivity index (χ0v) is 14.7. The third-order valence-electron chi connectivity index (χ3n) is 3.95. The number of aromatic nitrogens is 2. The monoisotopic (exact) mass is 354 g/mol. The molecule has 2 heterocycles.